The van der Waals surface area contributed by atoms with E-state index in [4.69, 9.17) is 4.74 Å². The van der Waals surface area contributed by atoms with E-state index >= 15 is 0 Å². The Morgan fingerprint density at radius 3 is 2.71 bits per heavy atom. The van der Waals surface area contributed by atoms with E-state index in [0.717, 1.165) is 11.1 Å². The number of hydrogen-bond donors (Lipinski definition) is 0. The first-order valence-corrected chi connectivity index (χ1v) is 5.61. The molecular weight excluding hydrogens is 216 g/mol. The summed E-state index contributed by atoms with van der Waals surface area (Å²) < 4.78 is 4.95. The number of benzene rings is 1. The lowest BCUT2D eigenvalue weighted by molar-refractivity contribution is -0.150. The molecule has 0 N–H and O–H groups in total. The second-order valence-corrected chi connectivity index (χ2v) is 4.09. The van der Waals surface area contributed by atoms with Gasteiger partial charge in [-0.25, -0.2) is 0 Å². The molecule has 17 heavy (non-hydrogen) atoms. The monoisotopic (exact) mass is 230 g/mol. The van der Waals surface area contributed by atoms with Crippen molar-refractivity contribution in [1.29, 1.82) is 0 Å². The number of carbonyl (C=O) groups is 2. The van der Waals surface area contributed by atoms with Gasteiger partial charge >= 0.3 is 5.97 Å². The fraction of sp³-hybridized carbons (Fsp3) is 0.286. The van der Waals surface area contributed by atoms with Crippen LogP contribution in [0.25, 0.3) is 0 Å². The molecule has 1 unspecified atom stereocenters. The van der Waals surface area contributed by atoms with E-state index in [1.165, 1.54) is 6.92 Å². The number of carbonyl (C=O) groups excluding carboxylic acids is 2. The molecule has 0 radical (unpaired) electrons. The standard InChI is InChI=1S/C14H14O3/c1-10(15)17-13-8-7-12(14(13)16)9-11-5-3-2-4-6-11/h2-7,13H,8-9H2,1H3. The first kappa shape index (κ1) is 11.6. The predicted molar refractivity (Wildman–Crippen MR) is 63.4 cm³/mol. The Morgan fingerprint density at radius 2 is 2.06 bits per heavy atom. The molecule has 0 heterocycles. The summed E-state index contributed by atoms with van der Waals surface area (Å²) in [5.41, 5.74) is 1.83. The Hall–Kier alpha value is -1.90. The van der Waals surface area contributed by atoms with Crippen LogP contribution in [0.1, 0.15) is 18.9 Å². The van der Waals surface area contributed by atoms with Crippen LogP contribution in [0.2, 0.25) is 0 Å². The van der Waals surface area contributed by atoms with Gasteiger partial charge in [0.1, 0.15) is 0 Å². The van der Waals surface area contributed by atoms with Crippen LogP contribution in [0, 0.1) is 0 Å². The molecule has 0 aliphatic heterocycles. The molecule has 3 heteroatoms. The van der Waals surface area contributed by atoms with E-state index in [2.05, 4.69) is 0 Å². The fourth-order valence-corrected chi connectivity index (χ4v) is 1.94. The van der Waals surface area contributed by atoms with Crippen molar-refractivity contribution < 1.29 is 14.3 Å². The minimum atomic E-state index is -0.605. The summed E-state index contributed by atoms with van der Waals surface area (Å²) in [5, 5.41) is 0. The number of esters is 1. The fourth-order valence-electron chi connectivity index (χ4n) is 1.94. The first-order chi connectivity index (χ1) is 8.16. The number of hydrogen-bond acceptors (Lipinski definition) is 3. The third-order valence-corrected chi connectivity index (χ3v) is 2.73. The first-order valence-electron chi connectivity index (χ1n) is 5.61. The van der Waals surface area contributed by atoms with Crippen LogP contribution in [0.4, 0.5) is 0 Å². The summed E-state index contributed by atoms with van der Waals surface area (Å²) in [6.07, 6.45) is 2.37. The van der Waals surface area contributed by atoms with Crippen LogP contribution in [0.15, 0.2) is 42.0 Å². The Labute approximate surface area is 100 Å². The van der Waals surface area contributed by atoms with E-state index in [0.29, 0.717) is 12.8 Å². The Morgan fingerprint density at radius 1 is 1.35 bits per heavy atom. The average Bonchev–Trinajstić information content (AvgIpc) is 2.62. The summed E-state index contributed by atoms with van der Waals surface area (Å²) >= 11 is 0. The zero-order valence-corrected chi connectivity index (χ0v) is 9.68. The molecule has 0 saturated heterocycles. The van der Waals surface area contributed by atoms with E-state index in [1.807, 2.05) is 36.4 Å². The highest BCUT2D eigenvalue weighted by Crippen LogP contribution is 2.21. The van der Waals surface area contributed by atoms with Crippen molar-refractivity contribution >= 4 is 11.8 Å². The van der Waals surface area contributed by atoms with Crippen molar-refractivity contribution in [2.24, 2.45) is 0 Å². The molecule has 1 aromatic rings. The normalized spacial score (nSPS) is 19.0. The SMILES string of the molecule is CC(=O)OC1CC=C(Cc2ccccc2)C1=O. The van der Waals surface area contributed by atoms with Gasteiger partial charge in [0.05, 0.1) is 0 Å². The van der Waals surface area contributed by atoms with E-state index in [-0.39, 0.29) is 5.78 Å². The van der Waals surface area contributed by atoms with Gasteiger partial charge in [-0.2, -0.15) is 0 Å². The van der Waals surface area contributed by atoms with Crippen LogP contribution >= 0.6 is 0 Å². The van der Waals surface area contributed by atoms with Gasteiger partial charge in [0.25, 0.3) is 0 Å². The van der Waals surface area contributed by atoms with Crippen LogP contribution in [-0.2, 0) is 20.7 Å². The summed E-state index contributed by atoms with van der Waals surface area (Å²) in [5.74, 6) is -0.471. The van der Waals surface area contributed by atoms with Gasteiger partial charge in [0.2, 0.25) is 0 Å². The molecule has 1 aliphatic carbocycles. The molecule has 2 rings (SSSR count). The molecule has 0 saturated carbocycles. The molecule has 88 valence electrons. The Balaban J connectivity index is 2.01. The molecule has 3 nitrogen and oxygen atoms in total. The van der Waals surface area contributed by atoms with Crippen molar-refractivity contribution in [1.82, 2.24) is 0 Å². The zero-order valence-electron chi connectivity index (χ0n) is 9.68. The smallest absolute Gasteiger partial charge is 0.303 e. The van der Waals surface area contributed by atoms with E-state index in [9.17, 15) is 9.59 Å². The molecular formula is C14H14O3. The lowest BCUT2D eigenvalue weighted by Gasteiger charge is -2.09. The van der Waals surface area contributed by atoms with Crippen LogP contribution in [0.3, 0.4) is 0 Å². The van der Waals surface area contributed by atoms with Crippen molar-refractivity contribution in [3.05, 3.63) is 47.5 Å². The highest BCUT2D eigenvalue weighted by atomic mass is 16.5. The minimum Gasteiger partial charge on any atom is -0.454 e. The van der Waals surface area contributed by atoms with Crippen LogP contribution in [0.5, 0.6) is 0 Å². The van der Waals surface area contributed by atoms with Crippen molar-refractivity contribution in [3.63, 3.8) is 0 Å². The third kappa shape index (κ3) is 2.81. The maximum Gasteiger partial charge on any atom is 0.303 e. The molecule has 0 bridgehead atoms. The molecule has 1 aromatic carbocycles. The van der Waals surface area contributed by atoms with Gasteiger partial charge in [0, 0.05) is 19.8 Å². The molecule has 1 aliphatic rings. The molecule has 1 atom stereocenters. The number of ketones is 1. The highest BCUT2D eigenvalue weighted by molar-refractivity contribution is 6.02. The van der Waals surface area contributed by atoms with Gasteiger partial charge in [-0.05, 0) is 11.1 Å². The van der Waals surface area contributed by atoms with Gasteiger partial charge in [-0.3, -0.25) is 9.59 Å². The average molecular weight is 230 g/mol. The summed E-state index contributed by atoms with van der Waals surface area (Å²) in [4.78, 5) is 22.7. The highest BCUT2D eigenvalue weighted by Gasteiger charge is 2.29. The largest absolute Gasteiger partial charge is 0.454 e. The number of rotatable bonds is 3. The van der Waals surface area contributed by atoms with Gasteiger partial charge < -0.3 is 4.74 Å². The van der Waals surface area contributed by atoms with Gasteiger partial charge in [-0.15, -0.1) is 0 Å². The van der Waals surface area contributed by atoms with Gasteiger partial charge in [-0.1, -0.05) is 36.4 Å². The zero-order chi connectivity index (χ0) is 12.3. The van der Waals surface area contributed by atoms with Crippen LogP contribution in [-0.4, -0.2) is 17.9 Å². The van der Waals surface area contributed by atoms with Crippen LogP contribution < -0.4 is 0 Å². The van der Waals surface area contributed by atoms with Crippen molar-refractivity contribution in [2.75, 3.05) is 0 Å². The second kappa shape index (κ2) is 4.95. The van der Waals surface area contributed by atoms with E-state index < -0.39 is 12.1 Å². The van der Waals surface area contributed by atoms with Gasteiger partial charge in [0.15, 0.2) is 11.9 Å². The number of Topliss-reactive ketones (excluding diaryl/α,β-unsaturated/α-hetero) is 1. The topological polar surface area (TPSA) is 43.4 Å². The Kier molecular flexibility index (Phi) is 3.38. The molecule has 0 fully saturated rings. The quantitative estimate of drug-likeness (QED) is 0.746. The lowest BCUT2D eigenvalue weighted by Crippen LogP contribution is -2.23. The Bertz CT molecular complexity index is 460. The van der Waals surface area contributed by atoms with Crippen molar-refractivity contribution in [2.45, 2.75) is 25.9 Å². The third-order valence-electron chi connectivity index (χ3n) is 2.73. The molecule has 0 spiro atoms. The number of ether oxygens (including phenoxy) is 1. The summed E-state index contributed by atoms with van der Waals surface area (Å²) in [6.45, 7) is 1.32. The summed E-state index contributed by atoms with van der Waals surface area (Å²) in [7, 11) is 0. The predicted octanol–water partition coefficient (Wildman–Crippen LogP) is 2.06. The second-order valence-electron chi connectivity index (χ2n) is 4.09. The maximum atomic E-state index is 11.9. The molecule has 0 aromatic heterocycles. The van der Waals surface area contributed by atoms with E-state index in [1.54, 1.807) is 0 Å². The summed E-state index contributed by atoms with van der Waals surface area (Å²) in [6, 6.07) is 9.79. The molecule has 0 amide bonds. The lowest BCUT2D eigenvalue weighted by atomic mass is 10.0. The van der Waals surface area contributed by atoms with Crippen molar-refractivity contribution in [3.8, 4) is 0 Å². The maximum absolute atomic E-state index is 11.9. The minimum absolute atomic E-state index is 0.0657.